The van der Waals surface area contributed by atoms with Gasteiger partial charge in [-0.05, 0) is 20.8 Å². The molecule has 0 aromatic rings. The highest BCUT2D eigenvalue weighted by Crippen LogP contribution is 2.51. The minimum absolute atomic E-state index is 0.150. The molecule has 0 N–H and O–H groups in total. The topological polar surface area (TPSA) is 6.48 Å². The van der Waals surface area contributed by atoms with E-state index in [2.05, 4.69) is 0 Å². The summed E-state index contributed by atoms with van der Waals surface area (Å²) in [6.07, 6.45) is -11.9. The zero-order valence-corrected chi connectivity index (χ0v) is 11.1. The maximum atomic E-state index is 13.4. The van der Waals surface area contributed by atoms with E-state index in [0.29, 0.717) is 4.90 Å². The third kappa shape index (κ3) is 2.36. The van der Waals surface area contributed by atoms with E-state index < -0.39 is 24.4 Å². The van der Waals surface area contributed by atoms with Crippen LogP contribution in [0.1, 0.15) is 27.2 Å². The third-order valence-corrected chi connectivity index (χ3v) is 3.65. The van der Waals surface area contributed by atoms with Gasteiger partial charge in [-0.3, -0.25) is 0 Å². The van der Waals surface area contributed by atoms with Gasteiger partial charge in [0, 0.05) is 25.0 Å². The third-order valence-electron chi connectivity index (χ3n) is 3.65. The van der Waals surface area contributed by atoms with Crippen LogP contribution in [-0.2, 0) is 0 Å². The van der Waals surface area contributed by atoms with Crippen molar-refractivity contribution in [2.75, 3.05) is 13.6 Å². The predicted octanol–water partition coefficient (Wildman–Crippen LogP) is 3.72. The fourth-order valence-corrected chi connectivity index (χ4v) is 2.61. The van der Waals surface area contributed by atoms with E-state index in [0.717, 1.165) is 11.9 Å². The van der Waals surface area contributed by atoms with E-state index >= 15 is 0 Å². The van der Waals surface area contributed by atoms with Crippen LogP contribution in [0.5, 0.6) is 0 Å². The smallest absolute Gasteiger partial charge is 0.346 e. The molecule has 1 atom stereocenters. The molecule has 0 saturated heterocycles. The Kier molecular flexibility index (Phi) is 3.77. The summed E-state index contributed by atoms with van der Waals surface area (Å²) in [5.41, 5.74) is -2.64. The summed E-state index contributed by atoms with van der Waals surface area (Å²) in [5, 5.41) is 0. The minimum Gasteiger partial charge on any atom is -0.346 e. The molecule has 1 heterocycles. The average Bonchev–Trinajstić information content (AvgIpc) is 2.38. The van der Waals surface area contributed by atoms with Crippen molar-refractivity contribution in [1.82, 2.24) is 9.80 Å². The molecular formula is C11H16F6N2. The lowest BCUT2D eigenvalue weighted by atomic mass is 10.0. The van der Waals surface area contributed by atoms with Crippen LogP contribution in [0.3, 0.4) is 0 Å². The van der Waals surface area contributed by atoms with Gasteiger partial charge in [0.15, 0.2) is 0 Å². The Labute approximate surface area is 107 Å². The lowest BCUT2D eigenvalue weighted by Crippen LogP contribution is -2.64. The van der Waals surface area contributed by atoms with E-state index in [-0.39, 0.29) is 17.9 Å². The molecule has 0 spiro atoms. The molecule has 0 fully saturated rings. The summed E-state index contributed by atoms with van der Waals surface area (Å²) in [6, 6.07) is 0. The first-order valence-corrected chi connectivity index (χ1v) is 5.71. The number of hydrogen-bond acceptors (Lipinski definition) is 2. The molecular weight excluding hydrogens is 274 g/mol. The Balaban J connectivity index is 3.41. The Hall–Kier alpha value is -1.08. The molecule has 112 valence electrons. The number of nitrogens with zero attached hydrogens (tertiary/aromatic N) is 2. The largest absolute Gasteiger partial charge is 0.430 e. The molecule has 2 nitrogen and oxygen atoms in total. The monoisotopic (exact) mass is 290 g/mol. The summed E-state index contributed by atoms with van der Waals surface area (Å²) in [4.78, 5) is 1.45. The first kappa shape index (κ1) is 16.0. The van der Waals surface area contributed by atoms with Gasteiger partial charge < -0.3 is 9.80 Å². The van der Waals surface area contributed by atoms with Gasteiger partial charge in [-0.1, -0.05) is 0 Å². The van der Waals surface area contributed by atoms with Crippen LogP contribution in [0.4, 0.5) is 26.3 Å². The fraction of sp³-hybridized carbons (Fsp3) is 0.818. The maximum Gasteiger partial charge on any atom is 0.430 e. The van der Waals surface area contributed by atoms with Crippen molar-refractivity contribution in [3.05, 3.63) is 11.4 Å². The van der Waals surface area contributed by atoms with Crippen molar-refractivity contribution in [2.24, 2.45) is 0 Å². The minimum atomic E-state index is -5.02. The van der Waals surface area contributed by atoms with Crippen LogP contribution in [0.2, 0.25) is 0 Å². The second-order valence-electron chi connectivity index (χ2n) is 4.58. The van der Waals surface area contributed by atoms with Crippen LogP contribution < -0.4 is 0 Å². The average molecular weight is 290 g/mol. The number of allylic oxidation sites excluding steroid dienone is 2. The second kappa shape index (κ2) is 4.49. The highest BCUT2D eigenvalue weighted by atomic mass is 19.4. The molecule has 0 radical (unpaired) electrons. The van der Waals surface area contributed by atoms with Crippen LogP contribution in [0, 0.1) is 0 Å². The van der Waals surface area contributed by atoms with Gasteiger partial charge in [0.05, 0.1) is 6.42 Å². The molecule has 1 rings (SSSR count). The number of alkyl halides is 6. The summed E-state index contributed by atoms with van der Waals surface area (Å²) in [7, 11) is 1.05. The van der Waals surface area contributed by atoms with Gasteiger partial charge in [-0.25, -0.2) is 0 Å². The number of halogens is 6. The van der Waals surface area contributed by atoms with E-state index in [9.17, 15) is 26.3 Å². The van der Waals surface area contributed by atoms with Crippen molar-refractivity contribution in [1.29, 1.82) is 0 Å². The SMILES string of the molecule is CCN1C(C)=C(C)N(C)C1(CC(F)(F)F)C(F)(F)F. The first-order valence-electron chi connectivity index (χ1n) is 5.71. The molecule has 0 saturated carbocycles. The van der Waals surface area contributed by atoms with Crippen LogP contribution >= 0.6 is 0 Å². The summed E-state index contributed by atoms with van der Waals surface area (Å²) in [5.74, 6) is 0. The van der Waals surface area contributed by atoms with Crippen molar-refractivity contribution in [2.45, 2.75) is 45.2 Å². The van der Waals surface area contributed by atoms with E-state index in [4.69, 9.17) is 0 Å². The van der Waals surface area contributed by atoms with Gasteiger partial charge >= 0.3 is 12.4 Å². The molecule has 0 amide bonds. The van der Waals surface area contributed by atoms with Gasteiger partial charge in [-0.15, -0.1) is 0 Å². The second-order valence-corrected chi connectivity index (χ2v) is 4.58. The van der Waals surface area contributed by atoms with Gasteiger partial charge in [-0.2, -0.15) is 26.3 Å². The lowest BCUT2D eigenvalue weighted by molar-refractivity contribution is -0.293. The Bertz CT molecular complexity index is 384. The highest BCUT2D eigenvalue weighted by Gasteiger charge is 2.67. The molecule has 8 heteroatoms. The fourth-order valence-electron chi connectivity index (χ4n) is 2.61. The Morgan fingerprint density at radius 1 is 1.00 bits per heavy atom. The molecule has 1 unspecified atom stereocenters. The first-order chi connectivity index (χ1) is 8.38. The van der Waals surface area contributed by atoms with Gasteiger partial charge in [0.25, 0.3) is 0 Å². The molecule has 0 aromatic carbocycles. The molecule has 0 bridgehead atoms. The summed E-state index contributed by atoms with van der Waals surface area (Å²) < 4.78 is 78.1. The Morgan fingerprint density at radius 3 is 1.79 bits per heavy atom. The van der Waals surface area contributed by atoms with Crippen molar-refractivity contribution < 1.29 is 26.3 Å². The zero-order chi connectivity index (χ0) is 15.2. The van der Waals surface area contributed by atoms with E-state index in [1.807, 2.05) is 0 Å². The van der Waals surface area contributed by atoms with Crippen molar-refractivity contribution in [3.8, 4) is 0 Å². The molecule has 0 aromatic heterocycles. The Morgan fingerprint density at radius 2 is 1.47 bits per heavy atom. The summed E-state index contributed by atoms with van der Waals surface area (Å²) >= 11 is 0. The lowest BCUT2D eigenvalue weighted by Gasteiger charge is -2.46. The van der Waals surface area contributed by atoms with Crippen LogP contribution in [0.15, 0.2) is 11.4 Å². The maximum absolute atomic E-state index is 13.4. The quantitative estimate of drug-likeness (QED) is 0.715. The zero-order valence-electron chi connectivity index (χ0n) is 11.1. The predicted molar refractivity (Wildman–Crippen MR) is 58.0 cm³/mol. The van der Waals surface area contributed by atoms with E-state index in [1.165, 1.54) is 20.8 Å². The normalized spacial score (nSPS) is 25.6. The standard InChI is InChI=1S/C11H16F6N2/c1-5-19-8(3)7(2)18(4)9(19,11(15,16)17)6-10(12,13)14/h5-6H2,1-4H3. The van der Waals surface area contributed by atoms with Crippen LogP contribution in [-0.4, -0.2) is 41.4 Å². The number of rotatable bonds is 2. The molecule has 19 heavy (non-hydrogen) atoms. The summed E-state index contributed by atoms with van der Waals surface area (Å²) in [6.45, 7) is 4.05. The van der Waals surface area contributed by atoms with Crippen molar-refractivity contribution in [3.63, 3.8) is 0 Å². The van der Waals surface area contributed by atoms with E-state index in [1.54, 1.807) is 0 Å². The molecule has 0 aliphatic carbocycles. The van der Waals surface area contributed by atoms with Gasteiger partial charge in [0.2, 0.25) is 5.66 Å². The highest BCUT2D eigenvalue weighted by molar-refractivity contribution is 5.23. The molecule has 1 aliphatic rings. The van der Waals surface area contributed by atoms with Crippen LogP contribution in [0.25, 0.3) is 0 Å². The van der Waals surface area contributed by atoms with Crippen molar-refractivity contribution >= 4 is 0 Å². The number of hydrogen-bond donors (Lipinski definition) is 0. The van der Waals surface area contributed by atoms with Gasteiger partial charge in [0.1, 0.15) is 0 Å². The molecule has 1 aliphatic heterocycles.